The number of aliphatic carboxylic acids is 1. The van der Waals surface area contributed by atoms with Crippen LogP contribution in [-0.2, 0) is 28.7 Å². The zero-order chi connectivity index (χ0) is 12.8. The molecule has 0 heterocycles. The number of ether oxygens (including phenoxy) is 1. The number of esters is 1. The molecule has 8 nitrogen and oxygen atoms in total. The van der Waals surface area contributed by atoms with E-state index in [4.69, 9.17) is 5.11 Å². The van der Waals surface area contributed by atoms with Crippen molar-refractivity contribution in [2.24, 2.45) is 0 Å². The third-order valence-corrected chi connectivity index (χ3v) is 1.64. The third-order valence-electron chi connectivity index (χ3n) is 1.16. The van der Waals surface area contributed by atoms with E-state index in [9.17, 15) is 18.0 Å². The normalized spacial score (nSPS) is 11.4. The largest absolute Gasteiger partial charge is 0.480 e. The van der Waals surface area contributed by atoms with Crippen LogP contribution in [0.2, 0.25) is 0 Å². The van der Waals surface area contributed by atoms with Crippen molar-refractivity contribution in [3.05, 3.63) is 0 Å². The average molecular weight is 255 g/mol. The van der Waals surface area contributed by atoms with Gasteiger partial charge in [0.15, 0.2) is 0 Å². The first-order valence-corrected chi connectivity index (χ1v) is 6.08. The Labute approximate surface area is 92.8 Å². The van der Waals surface area contributed by atoms with Gasteiger partial charge in [-0.05, 0) is 6.92 Å². The predicted molar refractivity (Wildman–Crippen MR) is 51.8 cm³/mol. The van der Waals surface area contributed by atoms with Crippen LogP contribution in [0.1, 0.15) is 6.92 Å². The summed E-state index contributed by atoms with van der Waals surface area (Å²) in [6.45, 7) is 0.356. The first-order chi connectivity index (χ1) is 7.24. The Balaban J connectivity index is 4.43. The first kappa shape index (κ1) is 14.8. The molecule has 0 atom stereocenters. The van der Waals surface area contributed by atoms with E-state index in [1.54, 1.807) is 6.92 Å². The summed E-state index contributed by atoms with van der Waals surface area (Å²) in [6, 6.07) is 0. The number of carboxylic acids is 1. The highest BCUT2D eigenvalue weighted by Gasteiger charge is 2.19. The molecule has 0 radical (unpaired) electrons. The molecule has 0 unspecified atom stereocenters. The van der Waals surface area contributed by atoms with Crippen molar-refractivity contribution in [2.45, 2.75) is 6.92 Å². The highest BCUT2D eigenvalue weighted by molar-refractivity contribution is 7.85. The molecule has 1 N–H and O–H groups in total. The molecule has 0 spiro atoms. The maximum atomic E-state index is 11.0. The van der Waals surface area contributed by atoms with Crippen LogP contribution in [0.5, 0.6) is 0 Å². The Hall–Kier alpha value is -1.19. The van der Waals surface area contributed by atoms with Crippen LogP contribution in [0, 0.1) is 0 Å². The van der Waals surface area contributed by atoms with Crippen LogP contribution in [0.25, 0.3) is 0 Å². The van der Waals surface area contributed by atoms with Gasteiger partial charge in [-0.3, -0.25) is 9.59 Å². The summed E-state index contributed by atoms with van der Waals surface area (Å²) in [7, 11) is -3.87. The number of hydroxylamine groups is 2. The van der Waals surface area contributed by atoms with Crippen molar-refractivity contribution in [1.82, 2.24) is 5.06 Å². The topological polar surface area (TPSA) is 110 Å². The predicted octanol–water partition coefficient (Wildman–Crippen LogP) is -1.17. The Morgan fingerprint density at radius 2 is 1.88 bits per heavy atom. The molecule has 94 valence electrons. The van der Waals surface area contributed by atoms with E-state index in [0.717, 1.165) is 6.26 Å². The lowest BCUT2D eigenvalue weighted by Crippen LogP contribution is -2.36. The highest BCUT2D eigenvalue weighted by Crippen LogP contribution is 1.97. The van der Waals surface area contributed by atoms with Gasteiger partial charge in [0.25, 0.3) is 10.1 Å². The van der Waals surface area contributed by atoms with Crippen molar-refractivity contribution < 1.29 is 32.1 Å². The lowest BCUT2D eigenvalue weighted by atomic mass is 10.5. The smallest absolute Gasteiger partial charge is 0.322 e. The van der Waals surface area contributed by atoms with Crippen LogP contribution < -0.4 is 0 Å². The molecule has 0 aromatic carbocycles. The second-order valence-electron chi connectivity index (χ2n) is 2.78. The fourth-order valence-corrected chi connectivity index (χ4v) is 1.29. The van der Waals surface area contributed by atoms with Gasteiger partial charge >= 0.3 is 11.9 Å². The van der Waals surface area contributed by atoms with Gasteiger partial charge < -0.3 is 9.84 Å². The molecule has 0 saturated carbocycles. The molecule has 0 aromatic heterocycles. The molecular formula is C7H13NO7S. The van der Waals surface area contributed by atoms with Crippen molar-refractivity contribution >= 4 is 22.1 Å². The van der Waals surface area contributed by atoms with E-state index in [-0.39, 0.29) is 6.61 Å². The number of hydrogen-bond acceptors (Lipinski definition) is 7. The molecule has 0 aliphatic rings. The number of carbonyl (C=O) groups excluding carboxylic acids is 1. The molecule has 0 bridgehead atoms. The zero-order valence-corrected chi connectivity index (χ0v) is 9.69. The van der Waals surface area contributed by atoms with Crippen molar-refractivity contribution in [2.75, 3.05) is 26.0 Å². The fourth-order valence-electron chi connectivity index (χ4n) is 0.802. The second-order valence-corrected chi connectivity index (χ2v) is 4.33. The van der Waals surface area contributed by atoms with Crippen molar-refractivity contribution in [3.8, 4) is 0 Å². The number of hydrogen-bond donors (Lipinski definition) is 1. The van der Waals surface area contributed by atoms with E-state index < -0.39 is 35.1 Å². The highest BCUT2D eigenvalue weighted by atomic mass is 32.2. The van der Waals surface area contributed by atoms with E-state index >= 15 is 0 Å². The number of carbonyl (C=O) groups is 2. The molecular weight excluding hydrogens is 242 g/mol. The first-order valence-electron chi connectivity index (χ1n) is 4.26. The minimum Gasteiger partial charge on any atom is -0.480 e. The third kappa shape index (κ3) is 8.15. The van der Waals surface area contributed by atoms with Crippen LogP contribution in [0.3, 0.4) is 0 Å². The summed E-state index contributed by atoms with van der Waals surface area (Å²) in [4.78, 5) is 21.4. The summed E-state index contributed by atoms with van der Waals surface area (Å²) >= 11 is 0. The van der Waals surface area contributed by atoms with E-state index in [1.807, 2.05) is 0 Å². The van der Waals surface area contributed by atoms with E-state index in [2.05, 4.69) is 9.02 Å². The number of carboxylic acid groups (broad SMARTS) is 1. The molecule has 0 aliphatic carbocycles. The number of rotatable bonds is 7. The SMILES string of the molecule is CCOC(=O)CN(CC(=O)O)OS(C)(=O)=O. The zero-order valence-electron chi connectivity index (χ0n) is 8.87. The van der Waals surface area contributed by atoms with E-state index in [1.165, 1.54) is 0 Å². The lowest BCUT2D eigenvalue weighted by Gasteiger charge is -2.16. The van der Waals surface area contributed by atoms with E-state index in [0.29, 0.717) is 5.06 Å². The minimum atomic E-state index is -3.87. The fraction of sp³-hybridized carbons (Fsp3) is 0.714. The van der Waals surface area contributed by atoms with Gasteiger partial charge in [0.05, 0.1) is 12.9 Å². The molecule has 16 heavy (non-hydrogen) atoms. The Morgan fingerprint density at radius 3 is 2.25 bits per heavy atom. The van der Waals surface area contributed by atoms with Gasteiger partial charge in [-0.1, -0.05) is 0 Å². The summed E-state index contributed by atoms with van der Waals surface area (Å²) in [6.07, 6.45) is 0.743. The van der Waals surface area contributed by atoms with Gasteiger partial charge in [0, 0.05) is 0 Å². The van der Waals surface area contributed by atoms with Gasteiger partial charge in [-0.25, -0.2) is 0 Å². The summed E-state index contributed by atoms with van der Waals surface area (Å²) in [5.41, 5.74) is 0. The van der Waals surface area contributed by atoms with Crippen LogP contribution >= 0.6 is 0 Å². The molecule has 0 amide bonds. The van der Waals surface area contributed by atoms with Crippen LogP contribution in [0.4, 0.5) is 0 Å². The number of nitrogens with zero attached hydrogens (tertiary/aromatic N) is 1. The lowest BCUT2D eigenvalue weighted by molar-refractivity contribution is -0.159. The molecule has 0 aliphatic heterocycles. The Morgan fingerprint density at radius 1 is 1.31 bits per heavy atom. The van der Waals surface area contributed by atoms with Gasteiger partial charge in [-0.15, -0.1) is 5.06 Å². The molecule has 0 fully saturated rings. The quantitative estimate of drug-likeness (QED) is 0.447. The molecule has 0 aromatic rings. The molecule has 0 rings (SSSR count). The monoisotopic (exact) mass is 255 g/mol. The summed E-state index contributed by atoms with van der Waals surface area (Å²) in [5.74, 6) is -2.10. The van der Waals surface area contributed by atoms with Crippen molar-refractivity contribution in [1.29, 1.82) is 0 Å². The van der Waals surface area contributed by atoms with Crippen LogP contribution in [-0.4, -0.2) is 56.5 Å². The molecule has 9 heteroatoms. The maximum Gasteiger partial charge on any atom is 0.322 e. The summed E-state index contributed by atoms with van der Waals surface area (Å²) in [5, 5.41) is 8.95. The standard InChI is InChI=1S/C7H13NO7S/c1-3-14-7(11)5-8(4-6(9)10)15-16(2,12)13/h3-5H2,1-2H3,(H,9,10). The Kier molecular flexibility index (Phi) is 5.93. The Bertz CT molecular complexity index is 350. The van der Waals surface area contributed by atoms with Gasteiger partial charge in [0.1, 0.15) is 13.1 Å². The van der Waals surface area contributed by atoms with Crippen LogP contribution in [0.15, 0.2) is 0 Å². The van der Waals surface area contributed by atoms with Gasteiger partial charge in [0.2, 0.25) is 0 Å². The van der Waals surface area contributed by atoms with Crippen molar-refractivity contribution in [3.63, 3.8) is 0 Å². The maximum absolute atomic E-state index is 11.0. The minimum absolute atomic E-state index is 0.110. The molecule has 0 saturated heterocycles. The van der Waals surface area contributed by atoms with Gasteiger partial charge in [-0.2, -0.15) is 12.7 Å². The second kappa shape index (κ2) is 6.40. The summed E-state index contributed by atoms with van der Waals surface area (Å²) < 4.78 is 30.3. The average Bonchev–Trinajstić information content (AvgIpc) is 1.98.